The molecule has 0 aromatic carbocycles. The van der Waals surface area contributed by atoms with Crippen molar-refractivity contribution in [3.8, 4) is 5.88 Å². The number of fused-ring (bicyclic) bond motifs is 1. The maximum atomic E-state index is 12.1. The van der Waals surface area contributed by atoms with Crippen molar-refractivity contribution in [2.24, 2.45) is 0 Å². The van der Waals surface area contributed by atoms with Crippen LogP contribution >= 0.6 is 11.3 Å². The first kappa shape index (κ1) is 13.1. The number of hydrogen-bond donors (Lipinski definition) is 0. The third-order valence-corrected chi connectivity index (χ3v) is 3.92. The topological polar surface area (TPSA) is 56.3 Å². The van der Waals surface area contributed by atoms with Gasteiger partial charge in [-0.25, -0.2) is 4.98 Å². The summed E-state index contributed by atoms with van der Waals surface area (Å²) < 4.78 is 62.6. The van der Waals surface area contributed by atoms with Gasteiger partial charge in [-0.1, -0.05) is 0 Å². The van der Waals surface area contributed by atoms with E-state index in [0.717, 1.165) is 11.5 Å². The largest absolute Gasteiger partial charge is 0.534 e. The standard InChI is InChI=1S/C9H6F3NO3S2/c1-5-6-2-3-17-7(6)4-8(13-5)16-18(14,15)9(10,11)12/h2-4H,1H3. The van der Waals surface area contributed by atoms with Gasteiger partial charge in [0.05, 0.1) is 5.69 Å². The molecule has 0 amide bonds. The highest BCUT2D eigenvalue weighted by molar-refractivity contribution is 7.87. The molecule has 0 spiro atoms. The molecule has 0 bridgehead atoms. The fraction of sp³-hybridized carbons (Fsp3) is 0.222. The number of rotatable bonds is 2. The summed E-state index contributed by atoms with van der Waals surface area (Å²) in [6.45, 7) is 1.56. The van der Waals surface area contributed by atoms with Crippen LogP contribution in [-0.2, 0) is 10.1 Å². The predicted molar refractivity (Wildman–Crippen MR) is 60.0 cm³/mol. The van der Waals surface area contributed by atoms with Crippen molar-refractivity contribution in [2.75, 3.05) is 0 Å². The van der Waals surface area contributed by atoms with Gasteiger partial charge >= 0.3 is 15.6 Å². The number of alkyl halides is 3. The molecule has 2 aromatic rings. The van der Waals surface area contributed by atoms with E-state index in [4.69, 9.17) is 0 Å². The number of nitrogens with zero attached hydrogens (tertiary/aromatic N) is 1. The third-order valence-electron chi connectivity index (χ3n) is 2.10. The lowest BCUT2D eigenvalue weighted by molar-refractivity contribution is -0.0501. The second kappa shape index (κ2) is 4.09. The zero-order valence-corrected chi connectivity index (χ0v) is 10.5. The molecule has 2 aromatic heterocycles. The summed E-state index contributed by atoms with van der Waals surface area (Å²) in [5, 5.41) is 2.47. The van der Waals surface area contributed by atoms with E-state index < -0.39 is 21.5 Å². The van der Waals surface area contributed by atoms with E-state index in [1.165, 1.54) is 11.3 Å². The predicted octanol–water partition coefficient (Wildman–Crippen LogP) is 2.83. The van der Waals surface area contributed by atoms with E-state index in [0.29, 0.717) is 10.4 Å². The fourth-order valence-electron chi connectivity index (χ4n) is 1.30. The number of thiophene rings is 1. The van der Waals surface area contributed by atoms with Crippen LogP contribution in [0.1, 0.15) is 5.69 Å². The fourth-order valence-corrected chi connectivity index (χ4v) is 2.57. The van der Waals surface area contributed by atoms with Gasteiger partial charge in [-0.3, -0.25) is 0 Å². The lowest BCUT2D eigenvalue weighted by atomic mass is 10.2. The highest BCUT2D eigenvalue weighted by atomic mass is 32.2. The maximum absolute atomic E-state index is 12.1. The monoisotopic (exact) mass is 297 g/mol. The molecule has 0 atom stereocenters. The summed E-state index contributed by atoms with van der Waals surface area (Å²) in [5.41, 5.74) is -5.06. The number of halogens is 3. The molecule has 0 aliphatic heterocycles. The molecule has 4 nitrogen and oxygen atoms in total. The minimum Gasteiger partial charge on any atom is -0.355 e. The first-order valence-corrected chi connectivity index (χ1v) is 6.85. The van der Waals surface area contributed by atoms with Gasteiger partial charge in [-0.2, -0.15) is 21.6 Å². The van der Waals surface area contributed by atoms with Crippen LogP contribution in [0.15, 0.2) is 17.5 Å². The van der Waals surface area contributed by atoms with Crippen LogP contribution in [0.25, 0.3) is 10.1 Å². The van der Waals surface area contributed by atoms with E-state index in [1.54, 1.807) is 18.4 Å². The Morgan fingerprint density at radius 2 is 2.06 bits per heavy atom. The lowest BCUT2D eigenvalue weighted by Crippen LogP contribution is -2.28. The van der Waals surface area contributed by atoms with Gasteiger partial charge in [-0.05, 0) is 18.4 Å². The van der Waals surface area contributed by atoms with Crippen LogP contribution in [0.4, 0.5) is 13.2 Å². The molecule has 18 heavy (non-hydrogen) atoms. The van der Waals surface area contributed by atoms with Crippen LogP contribution in [0, 0.1) is 6.92 Å². The van der Waals surface area contributed by atoms with Crippen LogP contribution in [0.2, 0.25) is 0 Å². The normalized spacial score (nSPS) is 12.9. The molecular weight excluding hydrogens is 291 g/mol. The summed E-state index contributed by atoms with van der Waals surface area (Å²) in [7, 11) is -5.68. The van der Waals surface area contributed by atoms with Gasteiger partial charge in [0.25, 0.3) is 0 Å². The third kappa shape index (κ3) is 2.27. The molecule has 2 heterocycles. The average molecular weight is 297 g/mol. The van der Waals surface area contributed by atoms with Gasteiger partial charge in [0.2, 0.25) is 5.88 Å². The molecular formula is C9H6F3NO3S2. The Balaban J connectivity index is 2.45. The minimum absolute atomic E-state index is 0.404. The molecule has 9 heteroatoms. The summed E-state index contributed by atoms with van der Waals surface area (Å²) >= 11 is 1.25. The van der Waals surface area contributed by atoms with Gasteiger partial charge in [0.15, 0.2) is 0 Å². The van der Waals surface area contributed by atoms with Crippen molar-refractivity contribution >= 4 is 31.5 Å². The Kier molecular flexibility index (Phi) is 2.98. The molecule has 0 unspecified atom stereocenters. The molecule has 0 saturated heterocycles. The van der Waals surface area contributed by atoms with E-state index in [-0.39, 0.29) is 0 Å². The van der Waals surface area contributed by atoms with Crippen molar-refractivity contribution in [3.05, 3.63) is 23.2 Å². The van der Waals surface area contributed by atoms with Crippen molar-refractivity contribution < 1.29 is 25.8 Å². The molecule has 0 saturated carbocycles. The van der Waals surface area contributed by atoms with E-state index in [2.05, 4.69) is 9.17 Å². The molecule has 0 N–H and O–H groups in total. The van der Waals surface area contributed by atoms with Crippen LogP contribution in [0.5, 0.6) is 5.88 Å². The molecule has 0 aliphatic rings. The average Bonchev–Trinajstić information content (AvgIpc) is 2.63. The number of hydrogen-bond acceptors (Lipinski definition) is 5. The van der Waals surface area contributed by atoms with Gasteiger partial charge in [0, 0.05) is 16.2 Å². The second-order valence-electron chi connectivity index (χ2n) is 3.36. The zero-order chi connectivity index (χ0) is 13.6. The Labute approximate surface area is 104 Å². The summed E-state index contributed by atoms with van der Waals surface area (Å²) in [5.74, 6) is -0.584. The molecule has 0 fully saturated rings. The first-order chi connectivity index (χ1) is 8.21. The van der Waals surface area contributed by atoms with Gasteiger partial charge in [0.1, 0.15) is 0 Å². The summed E-state index contributed by atoms with van der Waals surface area (Å²) in [6.07, 6.45) is 0. The Morgan fingerprint density at radius 3 is 2.67 bits per heavy atom. The molecule has 98 valence electrons. The Morgan fingerprint density at radius 1 is 1.39 bits per heavy atom. The van der Waals surface area contributed by atoms with Crippen molar-refractivity contribution in [3.63, 3.8) is 0 Å². The van der Waals surface area contributed by atoms with Crippen LogP contribution < -0.4 is 4.18 Å². The maximum Gasteiger partial charge on any atom is 0.534 e. The highest BCUT2D eigenvalue weighted by Gasteiger charge is 2.48. The van der Waals surface area contributed by atoms with E-state index in [1.807, 2.05) is 0 Å². The summed E-state index contributed by atoms with van der Waals surface area (Å²) in [4.78, 5) is 3.68. The minimum atomic E-state index is -5.68. The smallest absolute Gasteiger partial charge is 0.355 e. The van der Waals surface area contributed by atoms with Crippen LogP contribution in [0.3, 0.4) is 0 Å². The van der Waals surface area contributed by atoms with Gasteiger partial charge in [-0.15, -0.1) is 11.3 Å². The number of pyridine rings is 1. The Hall–Kier alpha value is -1.35. The highest BCUT2D eigenvalue weighted by Crippen LogP contribution is 2.30. The second-order valence-corrected chi connectivity index (χ2v) is 5.85. The first-order valence-electron chi connectivity index (χ1n) is 4.56. The quantitative estimate of drug-likeness (QED) is 0.632. The van der Waals surface area contributed by atoms with E-state index in [9.17, 15) is 21.6 Å². The number of aryl methyl sites for hydroxylation is 1. The number of aromatic nitrogens is 1. The van der Waals surface area contributed by atoms with Gasteiger partial charge < -0.3 is 4.18 Å². The zero-order valence-electron chi connectivity index (χ0n) is 8.85. The SMILES string of the molecule is Cc1nc(OS(=O)(=O)C(F)(F)F)cc2sccc12. The lowest BCUT2D eigenvalue weighted by Gasteiger charge is -2.09. The van der Waals surface area contributed by atoms with Crippen molar-refractivity contribution in [1.82, 2.24) is 4.98 Å². The van der Waals surface area contributed by atoms with Crippen molar-refractivity contribution in [1.29, 1.82) is 0 Å². The molecule has 0 aliphatic carbocycles. The molecule has 2 rings (SSSR count). The summed E-state index contributed by atoms with van der Waals surface area (Å²) in [6, 6.07) is 2.90. The Bertz CT molecular complexity index is 691. The van der Waals surface area contributed by atoms with Crippen LogP contribution in [-0.4, -0.2) is 18.9 Å². The molecule has 0 radical (unpaired) electrons. The van der Waals surface area contributed by atoms with E-state index >= 15 is 0 Å². The van der Waals surface area contributed by atoms with Crippen molar-refractivity contribution in [2.45, 2.75) is 12.4 Å².